The first-order chi connectivity index (χ1) is 12.7. The van der Waals surface area contributed by atoms with Crippen molar-refractivity contribution in [3.63, 3.8) is 0 Å². The maximum absolute atomic E-state index is 4.61. The second-order valence-electron chi connectivity index (χ2n) is 6.93. The Bertz CT molecular complexity index is 1090. The van der Waals surface area contributed by atoms with Crippen LogP contribution in [0.4, 0.5) is 5.82 Å². The summed E-state index contributed by atoms with van der Waals surface area (Å²) in [4.78, 5) is 6.95. The molecular weight excluding hydrogens is 328 g/mol. The molecule has 0 amide bonds. The summed E-state index contributed by atoms with van der Waals surface area (Å²) < 4.78 is 3.80. The smallest absolute Gasteiger partial charge is 0.177 e. The fourth-order valence-corrected chi connectivity index (χ4v) is 3.78. The molecule has 1 aliphatic rings. The van der Waals surface area contributed by atoms with Crippen molar-refractivity contribution < 1.29 is 0 Å². The Hall–Kier alpha value is -3.03. The molecule has 4 aromatic rings. The van der Waals surface area contributed by atoms with Crippen LogP contribution in [0, 0.1) is 13.8 Å². The monoisotopic (exact) mass is 348 g/mol. The SMILES string of the molecule is Cc1cc2c(N3CCC(c4nnc5ccc(C)nn45)CC3)nccn2n1. The summed E-state index contributed by atoms with van der Waals surface area (Å²) in [5.41, 5.74) is 3.86. The van der Waals surface area contributed by atoms with Crippen LogP contribution in [0.3, 0.4) is 0 Å². The lowest BCUT2D eigenvalue weighted by Gasteiger charge is -2.32. The zero-order valence-electron chi connectivity index (χ0n) is 14.9. The van der Waals surface area contributed by atoms with Gasteiger partial charge in [0.15, 0.2) is 17.3 Å². The summed E-state index contributed by atoms with van der Waals surface area (Å²) in [5.74, 6) is 2.34. The summed E-state index contributed by atoms with van der Waals surface area (Å²) in [6, 6.07) is 6.03. The van der Waals surface area contributed by atoms with E-state index in [1.807, 2.05) is 47.4 Å². The minimum absolute atomic E-state index is 0.363. The number of anilines is 1. The molecule has 0 atom stereocenters. The molecule has 8 heteroatoms. The summed E-state index contributed by atoms with van der Waals surface area (Å²) in [6.45, 7) is 5.87. The van der Waals surface area contributed by atoms with Crippen LogP contribution in [0.15, 0.2) is 30.6 Å². The van der Waals surface area contributed by atoms with Crippen molar-refractivity contribution in [3.05, 3.63) is 47.8 Å². The van der Waals surface area contributed by atoms with Crippen molar-refractivity contribution in [3.8, 4) is 0 Å². The van der Waals surface area contributed by atoms with Crippen molar-refractivity contribution in [1.29, 1.82) is 0 Å². The highest BCUT2D eigenvalue weighted by Gasteiger charge is 2.26. The number of hydrogen-bond donors (Lipinski definition) is 0. The zero-order chi connectivity index (χ0) is 17.7. The molecule has 132 valence electrons. The van der Waals surface area contributed by atoms with Crippen LogP contribution in [0.1, 0.15) is 36.0 Å². The quantitative estimate of drug-likeness (QED) is 0.552. The van der Waals surface area contributed by atoms with Crippen LogP contribution in [-0.4, -0.2) is 47.5 Å². The Kier molecular flexibility index (Phi) is 3.37. The van der Waals surface area contributed by atoms with E-state index >= 15 is 0 Å². The molecule has 0 aliphatic carbocycles. The van der Waals surface area contributed by atoms with Crippen molar-refractivity contribution in [1.82, 2.24) is 34.4 Å². The Balaban J connectivity index is 1.41. The third-order valence-electron chi connectivity index (χ3n) is 5.07. The van der Waals surface area contributed by atoms with Crippen LogP contribution in [0.25, 0.3) is 11.2 Å². The zero-order valence-corrected chi connectivity index (χ0v) is 14.9. The van der Waals surface area contributed by atoms with E-state index in [1.54, 1.807) is 0 Å². The lowest BCUT2D eigenvalue weighted by molar-refractivity contribution is 0.475. The molecule has 5 heterocycles. The summed E-state index contributed by atoms with van der Waals surface area (Å²) >= 11 is 0. The molecule has 4 aromatic heterocycles. The highest BCUT2D eigenvalue weighted by Crippen LogP contribution is 2.30. The lowest BCUT2D eigenvalue weighted by atomic mass is 9.96. The molecule has 0 saturated carbocycles. The van der Waals surface area contributed by atoms with Gasteiger partial charge in [-0.2, -0.15) is 14.7 Å². The Morgan fingerprint density at radius 3 is 2.69 bits per heavy atom. The molecule has 0 spiro atoms. The molecule has 5 rings (SSSR count). The molecular formula is C18H20N8. The Morgan fingerprint density at radius 2 is 1.85 bits per heavy atom. The van der Waals surface area contributed by atoms with Gasteiger partial charge in [0.1, 0.15) is 5.52 Å². The predicted molar refractivity (Wildman–Crippen MR) is 97.4 cm³/mol. The van der Waals surface area contributed by atoms with Gasteiger partial charge in [-0.05, 0) is 44.9 Å². The second kappa shape index (κ2) is 5.76. The standard InChI is InChI=1S/C18H20N8/c1-12-3-4-16-20-21-17(26(16)23-12)14-5-8-24(9-6-14)18-15-11-13(2)22-25(15)10-7-19-18/h3-4,7,10-11,14H,5-6,8-9H2,1-2H3. The van der Waals surface area contributed by atoms with Gasteiger partial charge in [0.25, 0.3) is 0 Å². The third kappa shape index (κ3) is 2.40. The molecule has 0 N–H and O–H groups in total. The number of aromatic nitrogens is 7. The van der Waals surface area contributed by atoms with E-state index in [1.165, 1.54) is 0 Å². The van der Waals surface area contributed by atoms with Gasteiger partial charge >= 0.3 is 0 Å². The first kappa shape index (κ1) is 15.2. The van der Waals surface area contributed by atoms with Gasteiger partial charge in [0, 0.05) is 31.4 Å². The Labute approximate surface area is 150 Å². The van der Waals surface area contributed by atoms with E-state index in [9.17, 15) is 0 Å². The second-order valence-corrected chi connectivity index (χ2v) is 6.93. The van der Waals surface area contributed by atoms with E-state index in [2.05, 4.69) is 36.3 Å². The normalized spacial score (nSPS) is 16.0. The van der Waals surface area contributed by atoms with Gasteiger partial charge in [0.2, 0.25) is 0 Å². The van der Waals surface area contributed by atoms with Gasteiger partial charge in [-0.15, -0.1) is 10.2 Å². The number of fused-ring (bicyclic) bond motifs is 2. The number of rotatable bonds is 2. The molecule has 0 radical (unpaired) electrons. The summed E-state index contributed by atoms with van der Waals surface area (Å²) in [7, 11) is 0. The van der Waals surface area contributed by atoms with Gasteiger partial charge in [-0.1, -0.05) is 0 Å². The average molecular weight is 348 g/mol. The topological polar surface area (TPSA) is 76.5 Å². The van der Waals surface area contributed by atoms with E-state index in [0.29, 0.717) is 5.92 Å². The van der Waals surface area contributed by atoms with Gasteiger partial charge < -0.3 is 4.90 Å². The summed E-state index contributed by atoms with van der Waals surface area (Å²) in [6.07, 6.45) is 5.73. The third-order valence-corrected chi connectivity index (χ3v) is 5.07. The van der Waals surface area contributed by atoms with Crippen molar-refractivity contribution in [2.45, 2.75) is 32.6 Å². The van der Waals surface area contributed by atoms with Crippen LogP contribution in [0.5, 0.6) is 0 Å². The maximum Gasteiger partial charge on any atom is 0.177 e. The van der Waals surface area contributed by atoms with Gasteiger partial charge in [-0.25, -0.2) is 9.50 Å². The number of aryl methyl sites for hydroxylation is 2. The largest absolute Gasteiger partial charge is 0.355 e. The van der Waals surface area contributed by atoms with Crippen LogP contribution in [-0.2, 0) is 0 Å². The maximum atomic E-state index is 4.61. The molecule has 0 bridgehead atoms. The molecule has 1 saturated heterocycles. The first-order valence-electron chi connectivity index (χ1n) is 8.94. The first-order valence-corrected chi connectivity index (χ1v) is 8.94. The number of piperidine rings is 1. The number of hydrogen-bond acceptors (Lipinski definition) is 6. The molecule has 1 aliphatic heterocycles. The van der Waals surface area contributed by atoms with Crippen molar-refractivity contribution >= 4 is 17.0 Å². The minimum Gasteiger partial charge on any atom is -0.355 e. The van der Waals surface area contributed by atoms with Crippen molar-refractivity contribution in [2.75, 3.05) is 18.0 Å². The van der Waals surface area contributed by atoms with E-state index in [-0.39, 0.29) is 0 Å². The summed E-state index contributed by atoms with van der Waals surface area (Å²) in [5, 5.41) is 17.8. The average Bonchev–Trinajstić information content (AvgIpc) is 3.23. The van der Waals surface area contributed by atoms with E-state index < -0.39 is 0 Å². The number of nitrogens with zero attached hydrogens (tertiary/aromatic N) is 8. The van der Waals surface area contributed by atoms with Crippen LogP contribution in [0.2, 0.25) is 0 Å². The molecule has 8 nitrogen and oxygen atoms in total. The minimum atomic E-state index is 0.363. The predicted octanol–water partition coefficient (Wildman–Crippen LogP) is 2.17. The van der Waals surface area contributed by atoms with Crippen molar-refractivity contribution in [2.24, 2.45) is 0 Å². The van der Waals surface area contributed by atoms with Gasteiger partial charge in [-0.3, -0.25) is 0 Å². The van der Waals surface area contributed by atoms with Crippen LogP contribution >= 0.6 is 0 Å². The highest BCUT2D eigenvalue weighted by atomic mass is 15.4. The highest BCUT2D eigenvalue weighted by molar-refractivity contribution is 5.69. The van der Waals surface area contributed by atoms with E-state index in [4.69, 9.17) is 0 Å². The Morgan fingerprint density at radius 1 is 1.00 bits per heavy atom. The molecule has 0 aromatic carbocycles. The molecule has 0 unspecified atom stereocenters. The molecule has 26 heavy (non-hydrogen) atoms. The fourth-order valence-electron chi connectivity index (χ4n) is 3.78. The molecule has 1 fully saturated rings. The fraction of sp³-hybridized carbons (Fsp3) is 0.389. The lowest BCUT2D eigenvalue weighted by Crippen LogP contribution is -2.34. The van der Waals surface area contributed by atoms with E-state index in [0.717, 1.165) is 60.1 Å². The van der Waals surface area contributed by atoms with Gasteiger partial charge in [0.05, 0.1) is 11.4 Å². The van der Waals surface area contributed by atoms with Crippen LogP contribution < -0.4 is 4.90 Å².